The first-order chi connectivity index (χ1) is 13.3. The number of carbonyl (C=O) groups is 3. The molecule has 0 bridgehead atoms. The standard InChI is InChI=1S/C22H26N2O4/c1-15(2)18-9-7-17(8-10-18)11-12-23-21(26)14-28-22(27)19-5-4-6-20(13-19)24-16(3)25/h4-10,13,15H,11-12,14H2,1-3H3,(H,23,26)(H,24,25). The van der Waals surface area contributed by atoms with Crippen molar-refractivity contribution in [2.75, 3.05) is 18.5 Å². The van der Waals surface area contributed by atoms with Gasteiger partial charge >= 0.3 is 5.97 Å². The van der Waals surface area contributed by atoms with Gasteiger partial charge in [-0.15, -0.1) is 0 Å². The fraction of sp³-hybridized carbons (Fsp3) is 0.318. The molecule has 0 spiro atoms. The van der Waals surface area contributed by atoms with Crippen molar-refractivity contribution >= 4 is 23.5 Å². The normalized spacial score (nSPS) is 10.4. The van der Waals surface area contributed by atoms with Crippen LogP contribution in [0.15, 0.2) is 48.5 Å². The van der Waals surface area contributed by atoms with Gasteiger partial charge in [0.15, 0.2) is 6.61 Å². The second-order valence-corrected chi connectivity index (χ2v) is 6.83. The van der Waals surface area contributed by atoms with Gasteiger partial charge < -0.3 is 15.4 Å². The van der Waals surface area contributed by atoms with E-state index < -0.39 is 5.97 Å². The van der Waals surface area contributed by atoms with Crippen molar-refractivity contribution in [3.05, 3.63) is 65.2 Å². The van der Waals surface area contributed by atoms with Crippen LogP contribution in [0.3, 0.4) is 0 Å². The van der Waals surface area contributed by atoms with Crippen LogP contribution >= 0.6 is 0 Å². The Hall–Kier alpha value is -3.15. The monoisotopic (exact) mass is 382 g/mol. The summed E-state index contributed by atoms with van der Waals surface area (Å²) in [5, 5.41) is 5.33. The number of esters is 1. The maximum absolute atomic E-state index is 12.1. The van der Waals surface area contributed by atoms with Crippen molar-refractivity contribution in [1.29, 1.82) is 0 Å². The molecule has 148 valence electrons. The Morgan fingerprint density at radius 2 is 1.75 bits per heavy atom. The number of rotatable bonds is 8. The van der Waals surface area contributed by atoms with Crippen LogP contribution in [-0.2, 0) is 20.7 Å². The zero-order chi connectivity index (χ0) is 20.5. The number of hydrogen-bond acceptors (Lipinski definition) is 4. The molecule has 6 nitrogen and oxygen atoms in total. The molecule has 0 aliphatic heterocycles. The van der Waals surface area contributed by atoms with E-state index in [0.29, 0.717) is 24.6 Å². The van der Waals surface area contributed by atoms with Crippen molar-refractivity contribution < 1.29 is 19.1 Å². The van der Waals surface area contributed by atoms with Crippen LogP contribution in [0.25, 0.3) is 0 Å². The lowest BCUT2D eigenvalue weighted by atomic mass is 10.0. The maximum Gasteiger partial charge on any atom is 0.338 e. The molecule has 0 heterocycles. The van der Waals surface area contributed by atoms with Crippen molar-refractivity contribution in [2.24, 2.45) is 0 Å². The number of nitrogens with one attached hydrogen (secondary N) is 2. The summed E-state index contributed by atoms with van der Waals surface area (Å²) in [4.78, 5) is 35.0. The summed E-state index contributed by atoms with van der Waals surface area (Å²) in [6, 6.07) is 14.7. The van der Waals surface area contributed by atoms with Gasteiger partial charge in [0.1, 0.15) is 0 Å². The van der Waals surface area contributed by atoms with E-state index in [2.05, 4.69) is 48.7 Å². The van der Waals surface area contributed by atoms with E-state index in [1.807, 2.05) is 0 Å². The van der Waals surface area contributed by atoms with Crippen molar-refractivity contribution in [3.8, 4) is 0 Å². The molecule has 0 atom stereocenters. The summed E-state index contributed by atoms with van der Waals surface area (Å²) in [7, 11) is 0. The fourth-order valence-electron chi connectivity index (χ4n) is 2.61. The minimum atomic E-state index is -0.619. The topological polar surface area (TPSA) is 84.5 Å². The van der Waals surface area contributed by atoms with Crippen molar-refractivity contribution in [2.45, 2.75) is 33.1 Å². The molecule has 2 aromatic rings. The fourth-order valence-corrected chi connectivity index (χ4v) is 2.61. The number of anilines is 1. The van der Waals surface area contributed by atoms with Crippen LogP contribution in [0.5, 0.6) is 0 Å². The van der Waals surface area contributed by atoms with Crippen molar-refractivity contribution in [3.63, 3.8) is 0 Å². The third kappa shape index (κ3) is 6.87. The van der Waals surface area contributed by atoms with Gasteiger partial charge in [0.25, 0.3) is 5.91 Å². The van der Waals surface area contributed by atoms with Crippen molar-refractivity contribution in [1.82, 2.24) is 5.32 Å². The van der Waals surface area contributed by atoms with Crippen LogP contribution in [0, 0.1) is 0 Å². The van der Waals surface area contributed by atoms with Crippen LogP contribution in [0.1, 0.15) is 48.2 Å². The van der Waals surface area contributed by atoms with Crippen LogP contribution < -0.4 is 10.6 Å². The lowest BCUT2D eigenvalue weighted by Gasteiger charge is -2.09. The van der Waals surface area contributed by atoms with Gasteiger partial charge in [-0.1, -0.05) is 44.2 Å². The molecule has 6 heteroatoms. The molecule has 28 heavy (non-hydrogen) atoms. The van der Waals surface area contributed by atoms with Crippen LogP contribution in [0.2, 0.25) is 0 Å². The van der Waals surface area contributed by atoms with Gasteiger partial charge in [-0.05, 0) is 41.7 Å². The lowest BCUT2D eigenvalue weighted by Crippen LogP contribution is -2.30. The van der Waals surface area contributed by atoms with Gasteiger partial charge in [0.2, 0.25) is 5.91 Å². The molecule has 0 aromatic heterocycles. The number of carbonyl (C=O) groups excluding carboxylic acids is 3. The number of benzene rings is 2. The molecular formula is C22H26N2O4. The summed E-state index contributed by atoms with van der Waals surface area (Å²) in [6.45, 7) is 5.79. The Morgan fingerprint density at radius 3 is 2.39 bits per heavy atom. The average molecular weight is 382 g/mol. The second-order valence-electron chi connectivity index (χ2n) is 6.83. The molecule has 2 aromatic carbocycles. The predicted octanol–water partition coefficient (Wildman–Crippen LogP) is 3.28. The van der Waals surface area contributed by atoms with E-state index in [9.17, 15) is 14.4 Å². The minimum absolute atomic E-state index is 0.233. The molecule has 0 aliphatic rings. The largest absolute Gasteiger partial charge is 0.452 e. The van der Waals surface area contributed by atoms with Crippen LogP contribution in [-0.4, -0.2) is 30.9 Å². The van der Waals surface area contributed by atoms with Gasteiger partial charge in [-0.25, -0.2) is 4.79 Å². The zero-order valence-electron chi connectivity index (χ0n) is 16.5. The van der Waals surface area contributed by atoms with Gasteiger partial charge in [0, 0.05) is 19.2 Å². The lowest BCUT2D eigenvalue weighted by molar-refractivity contribution is -0.124. The molecule has 0 saturated heterocycles. The first-order valence-electron chi connectivity index (χ1n) is 9.25. The van der Waals surface area contributed by atoms with Gasteiger partial charge in [-0.2, -0.15) is 0 Å². The first-order valence-corrected chi connectivity index (χ1v) is 9.25. The van der Waals surface area contributed by atoms with E-state index in [1.165, 1.54) is 18.6 Å². The van der Waals surface area contributed by atoms with E-state index in [1.54, 1.807) is 18.2 Å². The first kappa shape index (κ1) is 21.2. The molecule has 0 unspecified atom stereocenters. The highest BCUT2D eigenvalue weighted by Gasteiger charge is 2.11. The quantitative estimate of drug-likeness (QED) is 0.686. The molecule has 0 fully saturated rings. The van der Waals surface area contributed by atoms with E-state index >= 15 is 0 Å². The van der Waals surface area contributed by atoms with E-state index in [0.717, 1.165) is 5.56 Å². The third-order valence-corrected chi connectivity index (χ3v) is 4.14. The molecule has 2 rings (SSSR count). The third-order valence-electron chi connectivity index (χ3n) is 4.14. The summed E-state index contributed by atoms with van der Waals surface area (Å²) >= 11 is 0. The Labute approximate surface area is 165 Å². The summed E-state index contributed by atoms with van der Waals surface area (Å²) in [5.41, 5.74) is 3.18. The Bertz CT molecular complexity index is 829. The smallest absolute Gasteiger partial charge is 0.338 e. The van der Waals surface area contributed by atoms with Gasteiger partial charge in [-0.3, -0.25) is 9.59 Å². The number of hydrogen-bond donors (Lipinski definition) is 2. The van der Waals surface area contributed by atoms with E-state index in [-0.39, 0.29) is 24.0 Å². The molecular weight excluding hydrogens is 356 g/mol. The number of ether oxygens (including phenoxy) is 1. The zero-order valence-corrected chi connectivity index (χ0v) is 16.5. The highest BCUT2D eigenvalue weighted by Crippen LogP contribution is 2.15. The average Bonchev–Trinajstić information content (AvgIpc) is 2.66. The molecule has 0 radical (unpaired) electrons. The van der Waals surface area contributed by atoms with E-state index in [4.69, 9.17) is 4.74 Å². The number of amides is 2. The van der Waals surface area contributed by atoms with Crippen LogP contribution in [0.4, 0.5) is 5.69 Å². The SMILES string of the molecule is CC(=O)Nc1cccc(C(=O)OCC(=O)NCCc2ccc(C(C)C)cc2)c1. The predicted molar refractivity (Wildman–Crippen MR) is 108 cm³/mol. The highest BCUT2D eigenvalue weighted by molar-refractivity contribution is 5.94. The summed E-state index contributed by atoms with van der Waals surface area (Å²) in [5.74, 6) is -0.720. The molecule has 2 N–H and O–H groups in total. The Kier molecular flexibility index (Phi) is 7.75. The molecule has 2 amide bonds. The Balaban J connectivity index is 1.74. The second kappa shape index (κ2) is 10.3. The highest BCUT2D eigenvalue weighted by atomic mass is 16.5. The molecule has 0 aliphatic carbocycles. The summed E-state index contributed by atoms with van der Waals surface area (Å²) < 4.78 is 5.03. The summed E-state index contributed by atoms with van der Waals surface area (Å²) in [6.07, 6.45) is 0.705. The maximum atomic E-state index is 12.1. The molecule has 0 saturated carbocycles. The van der Waals surface area contributed by atoms with Gasteiger partial charge in [0.05, 0.1) is 5.56 Å². The Morgan fingerprint density at radius 1 is 1.04 bits per heavy atom. The minimum Gasteiger partial charge on any atom is -0.452 e.